The first kappa shape index (κ1) is 15.6. The Labute approximate surface area is 120 Å². The van der Waals surface area contributed by atoms with Crippen LogP contribution in [0, 0.1) is 0 Å². The summed E-state index contributed by atoms with van der Waals surface area (Å²) in [6, 6.07) is 3.67. The number of ether oxygens (including phenoxy) is 2. The first-order valence-corrected chi connectivity index (χ1v) is 6.50. The molecule has 0 spiro atoms. The van der Waals surface area contributed by atoms with E-state index in [0.717, 1.165) is 4.90 Å². The van der Waals surface area contributed by atoms with Crippen molar-refractivity contribution in [2.24, 2.45) is 0 Å². The van der Waals surface area contributed by atoms with Crippen molar-refractivity contribution < 1.29 is 27.4 Å². The molecule has 0 saturated carbocycles. The minimum atomic E-state index is -4.44. The van der Waals surface area contributed by atoms with E-state index in [2.05, 4.69) is 0 Å². The molecule has 1 aromatic rings. The summed E-state index contributed by atoms with van der Waals surface area (Å²) in [5.41, 5.74) is 0.678. The van der Waals surface area contributed by atoms with Gasteiger partial charge >= 0.3 is 12.1 Å². The molecule has 1 heterocycles. The van der Waals surface area contributed by atoms with Crippen LogP contribution in [0.15, 0.2) is 24.3 Å². The van der Waals surface area contributed by atoms with Crippen LogP contribution in [-0.2, 0) is 16.1 Å². The molecule has 3 atom stereocenters. The number of rotatable bonds is 5. The van der Waals surface area contributed by atoms with Crippen molar-refractivity contribution in [2.45, 2.75) is 31.7 Å². The van der Waals surface area contributed by atoms with Crippen molar-refractivity contribution in [3.63, 3.8) is 0 Å². The molecular weight excluding hydrogens is 287 g/mol. The van der Waals surface area contributed by atoms with Crippen molar-refractivity contribution in [3.05, 3.63) is 29.8 Å². The average molecular weight is 303 g/mol. The number of methoxy groups -OCH3 is 1. The predicted molar refractivity (Wildman–Crippen MR) is 68.8 cm³/mol. The molecule has 0 radical (unpaired) electrons. The van der Waals surface area contributed by atoms with Gasteiger partial charge in [-0.2, -0.15) is 13.2 Å². The van der Waals surface area contributed by atoms with E-state index in [9.17, 15) is 18.0 Å². The van der Waals surface area contributed by atoms with E-state index in [-0.39, 0.29) is 13.2 Å². The maximum Gasteiger partial charge on any atom is 0.406 e. The van der Waals surface area contributed by atoms with Crippen molar-refractivity contribution in [1.29, 1.82) is 0 Å². The minimum Gasteiger partial charge on any atom is -0.497 e. The van der Waals surface area contributed by atoms with Gasteiger partial charge in [-0.05, 0) is 24.6 Å². The Balaban J connectivity index is 2.07. The largest absolute Gasteiger partial charge is 0.497 e. The number of esters is 1. The zero-order chi connectivity index (χ0) is 15.6. The van der Waals surface area contributed by atoms with Crippen LogP contribution in [0.3, 0.4) is 0 Å². The highest BCUT2D eigenvalue weighted by Gasteiger charge is 2.66. The quantitative estimate of drug-likeness (QED) is 0.618. The third-order valence-electron chi connectivity index (χ3n) is 3.31. The second kappa shape index (κ2) is 5.93. The first-order valence-electron chi connectivity index (χ1n) is 6.50. The molecule has 1 aromatic carbocycles. The second-order valence-electron chi connectivity index (χ2n) is 4.70. The van der Waals surface area contributed by atoms with E-state index < -0.39 is 24.2 Å². The second-order valence-corrected chi connectivity index (χ2v) is 4.70. The lowest BCUT2D eigenvalue weighted by Crippen LogP contribution is -2.24. The summed E-state index contributed by atoms with van der Waals surface area (Å²) >= 11 is 0. The number of benzene rings is 1. The van der Waals surface area contributed by atoms with Crippen molar-refractivity contribution >= 4 is 5.97 Å². The number of carbonyl (C=O) groups is 1. The van der Waals surface area contributed by atoms with Crippen LogP contribution in [0.2, 0.25) is 0 Å². The summed E-state index contributed by atoms with van der Waals surface area (Å²) in [6.07, 6.45) is -4.44. The zero-order valence-corrected chi connectivity index (χ0v) is 11.7. The van der Waals surface area contributed by atoms with Gasteiger partial charge in [-0.3, -0.25) is 9.69 Å². The Kier molecular flexibility index (Phi) is 4.41. The summed E-state index contributed by atoms with van der Waals surface area (Å²) in [5, 5.41) is 0. The Morgan fingerprint density at radius 1 is 1.29 bits per heavy atom. The highest BCUT2D eigenvalue weighted by molar-refractivity contribution is 5.80. The van der Waals surface area contributed by atoms with E-state index in [1.165, 1.54) is 7.11 Å². The third kappa shape index (κ3) is 3.47. The van der Waals surface area contributed by atoms with E-state index in [1.807, 2.05) is 0 Å². The number of hydrogen-bond acceptors (Lipinski definition) is 4. The van der Waals surface area contributed by atoms with E-state index in [4.69, 9.17) is 9.47 Å². The lowest BCUT2D eigenvalue weighted by molar-refractivity contribution is -0.149. The summed E-state index contributed by atoms with van der Waals surface area (Å²) in [6.45, 7) is 1.67. The molecular formula is C14H16F3NO3. The maximum absolute atomic E-state index is 12.9. The standard InChI is InChI=1S/C14H16F3NO3/c1-3-21-13(19)11-12(14(15,16)17)18(11)8-9-4-6-10(20-2)7-5-9/h4-7,11-12H,3,8H2,1-2H3/t11-,12+,18?/m1/s1. The molecule has 0 N–H and O–H groups in total. The number of halogens is 3. The lowest BCUT2D eigenvalue weighted by atomic mass is 10.2. The molecule has 4 nitrogen and oxygen atoms in total. The van der Waals surface area contributed by atoms with Crippen molar-refractivity contribution in [1.82, 2.24) is 4.90 Å². The van der Waals surface area contributed by atoms with Gasteiger partial charge in [0.25, 0.3) is 0 Å². The predicted octanol–water partition coefficient (Wildman–Crippen LogP) is 2.37. The SMILES string of the molecule is CCOC(=O)[C@H]1[C@@H](C(F)(F)F)N1Cc1ccc(OC)cc1. The normalized spacial score (nSPS) is 24.5. The fraction of sp³-hybridized carbons (Fsp3) is 0.500. The smallest absolute Gasteiger partial charge is 0.406 e. The van der Waals surface area contributed by atoms with Gasteiger partial charge in [-0.25, -0.2) is 0 Å². The van der Waals surface area contributed by atoms with Gasteiger partial charge in [0.15, 0.2) is 0 Å². The van der Waals surface area contributed by atoms with Crippen LogP contribution in [0.25, 0.3) is 0 Å². The summed E-state index contributed by atoms with van der Waals surface area (Å²) in [4.78, 5) is 12.7. The lowest BCUT2D eigenvalue weighted by Gasteiger charge is -2.07. The van der Waals surface area contributed by atoms with Crippen LogP contribution in [-0.4, -0.2) is 42.8 Å². The number of nitrogens with zero attached hydrogens (tertiary/aromatic N) is 1. The molecule has 2 rings (SSSR count). The van der Waals surface area contributed by atoms with Gasteiger partial charge in [0.05, 0.1) is 13.7 Å². The van der Waals surface area contributed by atoms with Gasteiger partial charge in [0, 0.05) is 6.54 Å². The molecule has 1 aliphatic heterocycles. The average Bonchev–Trinajstić information content (AvgIpc) is 3.14. The van der Waals surface area contributed by atoms with Gasteiger partial charge in [0.2, 0.25) is 0 Å². The van der Waals surface area contributed by atoms with Crippen LogP contribution < -0.4 is 4.74 Å². The topological polar surface area (TPSA) is 38.5 Å². The van der Waals surface area contributed by atoms with E-state index in [0.29, 0.717) is 11.3 Å². The Hall–Kier alpha value is -1.76. The summed E-state index contributed by atoms with van der Waals surface area (Å²) in [5.74, 6) is -0.202. The number of hydrogen-bond donors (Lipinski definition) is 0. The molecule has 1 fully saturated rings. The summed E-state index contributed by atoms with van der Waals surface area (Å²) in [7, 11) is 1.51. The number of alkyl halides is 3. The Bertz CT molecular complexity index is 501. The Morgan fingerprint density at radius 2 is 1.90 bits per heavy atom. The molecule has 0 aromatic heterocycles. The molecule has 1 unspecified atom stereocenters. The fourth-order valence-electron chi connectivity index (χ4n) is 2.27. The van der Waals surface area contributed by atoms with Gasteiger partial charge < -0.3 is 9.47 Å². The first-order chi connectivity index (χ1) is 9.88. The highest BCUT2D eigenvalue weighted by atomic mass is 19.4. The Morgan fingerprint density at radius 3 is 2.38 bits per heavy atom. The maximum atomic E-state index is 12.9. The van der Waals surface area contributed by atoms with E-state index in [1.54, 1.807) is 31.2 Å². The molecule has 0 bridgehead atoms. The van der Waals surface area contributed by atoms with Crippen LogP contribution in [0.1, 0.15) is 12.5 Å². The van der Waals surface area contributed by atoms with Gasteiger partial charge in [-0.15, -0.1) is 0 Å². The fourth-order valence-corrected chi connectivity index (χ4v) is 2.27. The zero-order valence-electron chi connectivity index (χ0n) is 11.7. The third-order valence-corrected chi connectivity index (χ3v) is 3.31. The monoisotopic (exact) mass is 303 g/mol. The summed E-state index contributed by atoms with van der Waals surface area (Å²) < 4.78 is 48.4. The van der Waals surface area contributed by atoms with Crippen molar-refractivity contribution in [2.75, 3.05) is 13.7 Å². The molecule has 1 aliphatic rings. The van der Waals surface area contributed by atoms with Crippen LogP contribution >= 0.6 is 0 Å². The van der Waals surface area contributed by atoms with Crippen LogP contribution in [0.4, 0.5) is 13.2 Å². The molecule has 116 valence electrons. The van der Waals surface area contributed by atoms with E-state index >= 15 is 0 Å². The van der Waals surface area contributed by atoms with Gasteiger partial charge in [-0.1, -0.05) is 12.1 Å². The van der Waals surface area contributed by atoms with Gasteiger partial charge in [0.1, 0.15) is 17.8 Å². The van der Waals surface area contributed by atoms with Crippen molar-refractivity contribution in [3.8, 4) is 5.75 Å². The molecule has 7 heteroatoms. The van der Waals surface area contributed by atoms with Crippen LogP contribution in [0.5, 0.6) is 5.75 Å². The molecule has 0 amide bonds. The number of carbonyl (C=O) groups excluding carboxylic acids is 1. The molecule has 0 aliphatic carbocycles. The highest BCUT2D eigenvalue weighted by Crippen LogP contribution is 2.43. The molecule has 21 heavy (non-hydrogen) atoms. The molecule has 1 saturated heterocycles. The minimum absolute atomic E-state index is 0.0393.